The highest BCUT2D eigenvalue weighted by Gasteiger charge is 2.58. The number of imide groups is 1. The number of pyridine rings is 1. The smallest absolute Gasteiger partial charge is 0.325 e. The van der Waals surface area contributed by atoms with Crippen LogP contribution in [0.3, 0.4) is 0 Å². The standard InChI is InChI=1S/C24H28N4O4S/c29-21(15-19-6-4-14-33-19)27-11-8-17(9-12-27)24(20-7-1-2-10-25-20)22(30)28(23(31)26-24)16-18-5-3-13-32-18/h1-2,4,6-7,10,14,17-18H,3,5,8-9,11-13,15-16H2,(H,26,31)/t18-,24+/m0/s1. The zero-order valence-electron chi connectivity index (χ0n) is 18.4. The van der Waals surface area contributed by atoms with Gasteiger partial charge in [-0.1, -0.05) is 12.1 Å². The highest BCUT2D eigenvalue weighted by Crippen LogP contribution is 2.41. The Morgan fingerprint density at radius 2 is 2.03 bits per heavy atom. The van der Waals surface area contributed by atoms with E-state index in [1.165, 1.54) is 4.90 Å². The Kier molecular flexibility index (Phi) is 6.16. The van der Waals surface area contributed by atoms with Gasteiger partial charge in [0.05, 0.1) is 24.8 Å². The van der Waals surface area contributed by atoms with Crippen LogP contribution < -0.4 is 5.32 Å². The Morgan fingerprint density at radius 3 is 2.70 bits per heavy atom. The summed E-state index contributed by atoms with van der Waals surface area (Å²) in [6.07, 6.45) is 4.96. The molecule has 2 aromatic heterocycles. The fraction of sp³-hybridized carbons (Fsp3) is 0.500. The molecule has 3 aliphatic heterocycles. The number of urea groups is 1. The summed E-state index contributed by atoms with van der Waals surface area (Å²) in [6.45, 7) is 2.03. The number of amides is 4. The Hall–Kier alpha value is -2.78. The molecule has 5 rings (SSSR count). The molecule has 33 heavy (non-hydrogen) atoms. The van der Waals surface area contributed by atoms with E-state index in [0.717, 1.165) is 17.7 Å². The van der Waals surface area contributed by atoms with Crippen LogP contribution in [-0.4, -0.2) is 65.0 Å². The van der Waals surface area contributed by atoms with Gasteiger partial charge in [0.25, 0.3) is 5.91 Å². The molecule has 174 valence electrons. The molecule has 5 heterocycles. The predicted molar refractivity (Wildman–Crippen MR) is 122 cm³/mol. The van der Waals surface area contributed by atoms with E-state index < -0.39 is 11.6 Å². The summed E-state index contributed by atoms with van der Waals surface area (Å²) in [5.74, 6) is -0.307. The molecule has 0 bridgehead atoms. The van der Waals surface area contributed by atoms with E-state index >= 15 is 0 Å². The summed E-state index contributed by atoms with van der Waals surface area (Å²) in [5.41, 5.74) is -0.652. The van der Waals surface area contributed by atoms with Crippen LogP contribution in [0, 0.1) is 5.92 Å². The normalized spacial score (nSPS) is 26.1. The van der Waals surface area contributed by atoms with Gasteiger partial charge in [0.2, 0.25) is 5.91 Å². The second-order valence-electron chi connectivity index (χ2n) is 8.92. The number of carbonyl (C=O) groups is 3. The lowest BCUT2D eigenvalue weighted by Crippen LogP contribution is -2.54. The Balaban J connectivity index is 1.35. The molecule has 0 aromatic carbocycles. The molecule has 3 fully saturated rings. The molecule has 2 aromatic rings. The molecule has 9 heteroatoms. The van der Waals surface area contributed by atoms with Crippen molar-refractivity contribution in [3.63, 3.8) is 0 Å². The summed E-state index contributed by atoms with van der Waals surface area (Å²) in [5, 5.41) is 5.00. The van der Waals surface area contributed by atoms with Gasteiger partial charge < -0.3 is 15.0 Å². The van der Waals surface area contributed by atoms with Crippen molar-refractivity contribution >= 4 is 29.2 Å². The number of likely N-dealkylation sites (tertiary alicyclic amines) is 1. The highest BCUT2D eigenvalue weighted by molar-refractivity contribution is 7.10. The van der Waals surface area contributed by atoms with E-state index in [-0.39, 0.29) is 30.4 Å². The molecule has 0 saturated carbocycles. The molecule has 2 atom stereocenters. The maximum atomic E-state index is 13.8. The van der Waals surface area contributed by atoms with Crippen LogP contribution in [0.5, 0.6) is 0 Å². The Bertz CT molecular complexity index is 1000. The van der Waals surface area contributed by atoms with Crippen molar-refractivity contribution in [2.24, 2.45) is 5.92 Å². The molecule has 0 aliphatic carbocycles. The lowest BCUT2D eigenvalue weighted by Gasteiger charge is -2.40. The van der Waals surface area contributed by atoms with Crippen LogP contribution >= 0.6 is 11.3 Å². The topological polar surface area (TPSA) is 91.8 Å². The number of hydrogen-bond acceptors (Lipinski definition) is 6. The van der Waals surface area contributed by atoms with Crippen LogP contribution in [0.15, 0.2) is 41.9 Å². The van der Waals surface area contributed by atoms with E-state index in [2.05, 4.69) is 10.3 Å². The van der Waals surface area contributed by atoms with Crippen LogP contribution in [-0.2, 0) is 26.3 Å². The van der Waals surface area contributed by atoms with Gasteiger partial charge in [-0.05, 0) is 49.3 Å². The third kappa shape index (κ3) is 4.15. The lowest BCUT2D eigenvalue weighted by molar-refractivity contribution is -0.137. The van der Waals surface area contributed by atoms with Crippen molar-refractivity contribution in [2.75, 3.05) is 26.2 Å². The number of piperidine rings is 1. The first-order chi connectivity index (χ1) is 16.1. The van der Waals surface area contributed by atoms with Crippen molar-refractivity contribution in [3.05, 3.63) is 52.5 Å². The summed E-state index contributed by atoms with van der Waals surface area (Å²) < 4.78 is 5.68. The first-order valence-corrected chi connectivity index (χ1v) is 12.4. The number of hydrogen-bond donors (Lipinski definition) is 1. The molecule has 0 spiro atoms. The summed E-state index contributed by atoms with van der Waals surface area (Å²) in [6, 6.07) is 8.98. The van der Waals surface area contributed by atoms with Gasteiger partial charge >= 0.3 is 6.03 Å². The maximum absolute atomic E-state index is 13.8. The number of nitrogens with zero attached hydrogens (tertiary/aromatic N) is 3. The second kappa shape index (κ2) is 9.23. The van der Waals surface area contributed by atoms with Gasteiger partial charge in [-0.15, -0.1) is 11.3 Å². The van der Waals surface area contributed by atoms with Crippen molar-refractivity contribution in [3.8, 4) is 0 Å². The van der Waals surface area contributed by atoms with Crippen LogP contribution in [0.4, 0.5) is 4.79 Å². The molecule has 0 radical (unpaired) electrons. The number of ether oxygens (including phenoxy) is 1. The van der Waals surface area contributed by atoms with Gasteiger partial charge in [0.15, 0.2) is 5.54 Å². The molecular weight excluding hydrogens is 440 g/mol. The van der Waals surface area contributed by atoms with Gasteiger partial charge in [0, 0.05) is 36.7 Å². The van der Waals surface area contributed by atoms with Crippen molar-refractivity contribution in [1.29, 1.82) is 0 Å². The first-order valence-electron chi connectivity index (χ1n) is 11.6. The van der Waals surface area contributed by atoms with Crippen molar-refractivity contribution < 1.29 is 19.1 Å². The zero-order valence-corrected chi connectivity index (χ0v) is 19.3. The molecule has 1 N–H and O–H groups in total. The van der Waals surface area contributed by atoms with E-state index in [1.54, 1.807) is 23.6 Å². The minimum atomic E-state index is -1.21. The Morgan fingerprint density at radius 1 is 1.18 bits per heavy atom. The van der Waals surface area contributed by atoms with E-state index in [4.69, 9.17) is 4.74 Å². The minimum absolute atomic E-state index is 0.101. The average Bonchev–Trinajstić information content (AvgIpc) is 3.59. The molecule has 3 aliphatic rings. The molecular formula is C24H28N4O4S. The van der Waals surface area contributed by atoms with Crippen LogP contribution in [0.25, 0.3) is 0 Å². The Labute approximate surface area is 196 Å². The van der Waals surface area contributed by atoms with Gasteiger partial charge in [-0.25, -0.2) is 4.79 Å². The third-order valence-electron chi connectivity index (χ3n) is 6.98. The van der Waals surface area contributed by atoms with E-state index in [9.17, 15) is 14.4 Å². The van der Waals surface area contributed by atoms with E-state index in [1.807, 2.05) is 34.5 Å². The number of rotatable bonds is 6. The quantitative estimate of drug-likeness (QED) is 0.658. The molecule has 4 amide bonds. The SMILES string of the molecule is O=C(Cc1cccs1)N1CCC([C@]2(c3ccccn3)NC(=O)N(C[C@@H]3CCCO3)C2=O)CC1. The molecule has 3 saturated heterocycles. The van der Waals surface area contributed by atoms with Crippen LogP contribution in [0.2, 0.25) is 0 Å². The first kappa shape index (κ1) is 22.0. The monoisotopic (exact) mass is 468 g/mol. The van der Waals surface area contributed by atoms with Gasteiger partial charge in [-0.3, -0.25) is 19.5 Å². The molecule has 8 nitrogen and oxygen atoms in total. The maximum Gasteiger partial charge on any atom is 0.325 e. The fourth-order valence-corrected chi connectivity index (χ4v) is 5.94. The third-order valence-corrected chi connectivity index (χ3v) is 7.85. The number of nitrogens with one attached hydrogen (secondary N) is 1. The van der Waals surface area contributed by atoms with Gasteiger partial charge in [0.1, 0.15) is 0 Å². The number of aromatic nitrogens is 1. The van der Waals surface area contributed by atoms with E-state index in [0.29, 0.717) is 44.7 Å². The minimum Gasteiger partial charge on any atom is -0.376 e. The number of carbonyl (C=O) groups excluding carboxylic acids is 3. The summed E-state index contributed by atoms with van der Waals surface area (Å²) in [7, 11) is 0. The zero-order chi connectivity index (χ0) is 22.8. The summed E-state index contributed by atoms with van der Waals surface area (Å²) >= 11 is 1.58. The lowest BCUT2D eigenvalue weighted by atomic mass is 9.75. The number of thiophene rings is 1. The van der Waals surface area contributed by atoms with Crippen molar-refractivity contribution in [2.45, 2.75) is 43.7 Å². The fourth-order valence-electron chi connectivity index (χ4n) is 5.24. The highest BCUT2D eigenvalue weighted by atomic mass is 32.1. The van der Waals surface area contributed by atoms with Crippen molar-refractivity contribution in [1.82, 2.24) is 20.1 Å². The molecule has 0 unspecified atom stereocenters. The second-order valence-corrected chi connectivity index (χ2v) is 9.95. The van der Waals surface area contributed by atoms with Crippen LogP contribution in [0.1, 0.15) is 36.3 Å². The largest absolute Gasteiger partial charge is 0.376 e. The van der Waals surface area contributed by atoms with Gasteiger partial charge in [-0.2, -0.15) is 0 Å². The average molecular weight is 469 g/mol. The predicted octanol–water partition coefficient (Wildman–Crippen LogP) is 2.55. The summed E-state index contributed by atoms with van der Waals surface area (Å²) in [4.78, 5) is 48.3.